The quantitative estimate of drug-likeness (QED) is 0.536. The van der Waals surface area contributed by atoms with Gasteiger partial charge in [-0.05, 0) is 42.7 Å². The van der Waals surface area contributed by atoms with E-state index in [1.807, 2.05) is 9.47 Å². The zero-order valence-electron chi connectivity index (χ0n) is 18.8. The molecule has 1 saturated heterocycles. The van der Waals surface area contributed by atoms with Gasteiger partial charge in [0.15, 0.2) is 0 Å². The molecule has 0 unspecified atom stereocenters. The van der Waals surface area contributed by atoms with Crippen molar-refractivity contribution in [3.63, 3.8) is 0 Å². The van der Waals surface area contributed by atoms with Crippen molar-refractivity contribution in [3.8, 4) is 0 Å². The summed E-state index contributed by atoms with van der Waals surface area (Å²) in [6.07, 6.45) is -1.14. The Labute approximate surface area is 198 Å². The number of nitrogens with zero attached hydrogens (tertiary/aromatic N) is 2. The molecule has 0 radical (unpaired) electrons. The van der Waals surface area contributed by atoms with Crippen LogP contribution in [0.1, 0.15) is 40.4 Å². The van der Waals surface area contributed by atoms with Crippen LogP contribution in [0.15, 0.2) is 47.4 Å². The molecule has 0 bridgehead atoms. The minimum atomic E-state index is -4.44. The minimum Gasteiger partial charge on any atom is -0.367 e. The highest BCUT2D eigenvalue weighted by Gasteiger charge is 2.30. The number of hydrogen-bond donors (Lipinski definition) is 2. The summed E-state index contributed by atoms with van der Waals surface area (Å²) in [7, 11) is 0. The van der Waals surface area contributed by atoms with Crippen molar-refractivity contribution >= 4 is 22.5 Å². The molecular formula is C25H24F4N4O2. The molecule has 2 N–H and O–H groups in total. The highest BCUT2D eigenvalue weighted by molar-refractivity contribution is 5.98. The molecule has 2 aromatic carbocycles. The Balaban J connectivity index is 1.44. The molecule has 2 fully saturated rings. The Hall–Kier alpha value is -3.40. The Morgan fingerprint density at radius 1 is 1.09 bits per heavy atom. The van der Waals surface area contributed by atoms with Crippen LogP contribution >= 0.6 is 0 Å². The van der Waals surface area contributed by atoms with Gasteiger partial charge in [0.25, 0.3) is 5.91 Å². The standard InChI is InChI=1S/C25H24F4N4O2/c26-20-11-18-21(12-22(20)32-9-7-30-8-10-32)33(17-5-6-17)14-19(23(18)34)24(35)31-13-15-1-3-16(4-2-15)25(27,28)29/h1-4,11-12,14,17,30H,5-10,13H2,(H,31,35). The fraction of sp³-hybridized carbons (Fsp3) is 0.360. The van der Waals surface area contributed by atoms with E-state index in [0.717, 1.165) is 38.1 Å². The maximum atomic E-state index is 15.1. The summed E-state index contributed by atoms with van der Waals surface area (Å²) in [6.45, 7) is 2.74. The summed E-state index contributed by atoms with van der Waals surface area (Å²) >= 11 is 0. The number of piperazine rings is 1. The number of amides is 1. The number of fused-ring (bicyclic) bond motifs is 1. The first-order valence-corrected chi connectivity index (χ1v) is 11.5. The normalized spacial score (nSPS) is 16.5. The summed E-state index contributed by atoms with van der Waals surface area (Å²) in [4.78, 5) is 28.0. The molecule has 184 valence electrons. The van der Waals surface area contributed by atoms with Gasteiger partial charge in [-0.2, -0.15) is 13.2 Å². The highest BCUT2D eigenvalue weighted by atomic mass is 19.4. The first kappa shape index (κ1) is 23.3. The van der Waals surface area contributed by atoms with Crippen molar-refractivity contribution in [2.75, 3.05) is 31.1 Å². The van der Waals surface area contributed by atoms with E-state index in [0.29, 0.717) is 29.9 Å². The number of carbonyl (C=O) groups is 1. The van der Waals surface area contributed by atoms with Crippen LogP contribution in [0.2, 0.25) is 0 Å². The third-order valence-corrected chi connectivity index (χ3v) is 6.48. The van der Waals surface area contributed by atoms with Crippen molar-refractivity contribution in [2.24, 2.45) is 0 Å². The Morgan fingerprint density at radius 3 is 2.40 bits per heavy atom. The third-order valence-electron chi connectivity index (χ3n) is 6.48. The number of carbonyl (C=O) groups excluding carboxylic acids is 1. The second kappa shape index (κ2) is 8.99. The number of aromatic nitrogens is 1. The minimum absolute atomic E-state index is 0.0474. The number of benzene rings is 2. The van der Waals surface area contributed by atoms with Crippen LogP contribution in [0.25, 0.3) is 10.9 Å². The predicted molar refractivity (Wildman–Crippen MR) is 124 cm³/mol. The van der Waals surface area contributed by atoms with Gasteiger partial charge in [0.2, 0.25) is 5.43 Å². The summed E-state index contributed by atoms with van der Waals surface area (Å²) in [6, 6.07) is 7.46. The van der Waals surface area contributed by atoms with E-state index in [9.17, 15) is 22.8 Å². The maximum absolute atomic E-state index is 15.1. The summed E-state index contributed by atoms with van der Waals surface area (Å²) in [5.74, 6) is -1.17. The van der Waals surface area contributed by atoms with Crippen molar-refractivity contribution in [3.05, 3.63) is 75.3 Å². The van der Waals surface area contributed by atoms with Crippen molar-refractivity contribution in [1.82, 2.24) is 15.2 Å². The number of rotatable bonds is 5. The predicted octanol–water partition coefficient (Wildman–Crippen LogP) is 3.83. The lowest BCUT2D eigenvalue weighted by molar-refractivity contribution is -0.137. The first-order valence-electron chi connectivity index (χ1n) is 11.5. The third kappa shape index (κ3) is 4.75. The molecule has 6 nitrogen and oxygen atoms in total. The van der Waals surface area contributed by atoms with Crippen molar-refractivity contribution < 1.29 is 22.4 Å². The fourth-order valence-corrected chi connectivity index (χ4v) is 4.41. The Kier molecular flexibility index (Phi) is 6.00. The van der Waals surface area contributed by atoms with E-state index < -0.39 is 28.9 Å². The molecule has 1 amide bonds. The number of halogens is 4. The largest absolute Gasteiger partial charge is 0.416 e. The van der Waals surface area contributed by atoms with Gasteiger partial charge in [0, 0.05) is 50.3 Å². The van der Waals surface area contributed by atoms with Gasteiger partial charge in [-0.15, -0.1) is 0 Å². The summed E-state index contributed by atoms with van der Waals surface area (Å²) < 4.78 is 55.2. The van der Waals surface area contributed by atoms with Crippen LogP contribution in [0.4, 0.5) is 23.2 Å². The number of hydrogen-bond acceptors (Lipinski definition) is 4. The molecule has 5 rings (SSSR count). The highest BCUT2D eigenvalue weighted by Crippen LogP contribution is 2.38. The molecule has 2 heterocycles. The molecule has 1 saturated carbocycles. The average molecular weight is 488 g/mol. The molecule has 0 spiro atoms. The molecule has 1 aliphatic carbocycles. The second-order valence-corrected chi connectivity index (χ2v) is 8.95. The summed E-state index contributed by atoms with van der Waals surface area (Å²) in [5, 5.41) is 5.96. The topological polar surface area (TPSA) is 66.4 Å². The van der Waals surface area contributed by atoms with Gasteiger partial charge in [-0.25, -0.2) is 4.39 Å². The lowest BCUT2D eigenvalue weighted by Crippen LogP contribution is -2.44. The maximum Gasteiger partial charge on any atom is 0.416 e. The second-order valence-electron chi connectivity index (χ2n) is 8.95. The van der Waals surface area contributed by atoms with E-state index in [1.54, 1.807) is 6.07 Å². The first-order chi connectivity index (χ1) is 16.7. The zero-order valence-corrected chi connectivity index (χ0v) is 18.8. The van der Waals surface area contributed by atoms with Crippen molar-refractivity contribution in [2.45, 2.75) is 31.6 Å². The Bertz CT molecular complexity index is 1320. The van der Waals surface area contributed by atoms with Gasteiger partial charge < -0.3 is 20.1 Å². The van der Waals surface area contributed by atoms with Gasteiger partial charge >= 0.3 is 6.18 Å². The molecule has 35 heavy (non-hydrogen) atoms. The fourth-order valence-electron chi connectivity index (χ4n) is 4.41. The van der Waals surface area contributed by atoms with Crippen LogP contribution in [-0.4, -0.2) is 36.7 Å². The molecule has 2 aliphatic rings. The van der Waals surface area contributed by atoms with Crippen LogP contribution in [0.5, 0.6) is 0 Å². The van der Waals surface area contributed by atoms with E-state index in [4.69, 9.17) is 0 Å². The van der Waals surface area contributed by atoms with E-state index >= 15 is 4.39 Å². The molecule has 0 atom stereocenters. The SMILES string of the molecule is O=C(NCc1ccc(C(F)(F)F)cc1)c1cn(C2CC2)c2cc(N3CCNCC3)c(F)cc2c1=O. The molecule has 1 aromatic heterocycles. The monoisotopic (exact) mass is 488 g/mol. The zero-order chi connectivity index (χ0) is 24.7. The number of anilines is 1. The van der Waals surface area contributed by atoms with Gasteiger partial charge in [0.05, 0.1) is 16.8 Å². The van der Waals surface area contributed by atoms with E-state index in [2.05, 4.69) is 10.6 Å². The van der Waals surface area contributed by atoms with Crippen LogP contribution in [0, 0.1) is 5.82 Å². The van der Waals surface area contributed by atoms with Crippen LogP contribution in [0.3, 0.4) is 0 Å². The van der Waals surface area contributed by atoms with Crippen molar-refractivity contribution in [1.29, 1.82) is 0 Å². The van der Waals surface area contributed by atoms with Gasteiger partial charge in [-0.3, -0.25) is 9.59 Å². The smallest absolute Gasteiger partial charge is 0.367 e. The lowest BCUT2D eigenvalue weighted by Gasteiger charge is -2.30. The molecular weight excluding hydrogens is 464 g/mol. The lowest BCUT2D eigenvalue weighted by atomic mass is 10.1. The van der Waals surface area contributed by atoms with Crippen LogP contribution in [-0.2, 0) is 12.7 Å². The van der Waals surface area contributed by atoms with E-state index in [-0.39, 0.29) is 23.5 Å². The van der Waals surface area contributed by atoms with Crippen LogP contribution < -0.4 is 21.0 Å². The summed E-state index contributed by atoms with van der Waals surface area (Å²) in [5.41, 5.74) is 0.00949. The molecule has 3 aromatic rings. The van der Waals surface area contributed by atoms with Gasteiger partial charge in [-0.1, -0.05) is 12.1 Å². The molecule has 10 heteroatoms. The number of alkyl halides is 3. The molecule has 1 aliphatic heterocycles. The average Bonchev–Trinajstić information content (AvgIpc) is 3.68. The number of pyridine rings is 1. The van der Waals surface area contributed by atoms with E-state index in [1.165, 1.54) is 24.4 Å². The van der Waals surface area contributed by atoms with Gasteiger partial charge in [0.1, 0.15) is 11.4 Å². The Morgan fingerprint density at radius 2 is 1.77 bits per heavy atom. The number of nitrogens with one attached hydrogen (secondary N) is 2.